The third-order valence-corrected chi connectivity index (χ3v) is 2.50. The van der Waals surface area contributed by atoms with Gasteiger partial charge in [-0.2, -0.15) is 13.2 Å². The second-order valence-corrected chi connectivity index (χ2v) is 3.71. The number of nitrogens with zero attached hydrogens (tertiary/aromatic N) is 3. The van der Waals surface area contributed by atoms with Crippen LogP contribution >= 0.6 is 0 Å². The molecule has 0 aromatic carbocycles. The van der Waals surface area contributed by atoms with Gasteiger partial charge in [0.05, 0.1) is 5.92 Å². The van der Waals surface area contributed by atoms with Gasteiger partial charge in [0.25, 0.3) is 0 Å². The van der Waals surface area contributed by atoms with Crippen LogP contribution in [0.25, 0.3) is 0 Å². The van der Waals surface area contributed by atoms with E-state index in [1.807, 2.05) is 0 Å². The van der Waals surface area contributed by atoms with E-state index < -0.39 is 23.8 Å². The second kappa shape index (κ2) is 3.86. The Morgan fingerprint density at radius 1 is 1.35 bits per heavy atom. The molecule has 0 unspecified atom stereocenters. The number of carbonyl (C=O) groups is 1. The molecule has 1 aliphatic heterocycles. The predicted octanol–water partition coefficient (Wildman–Crippen LogP) is 1.02. The molecule has 5 nitrogen and oxygen atoms in total. The molecular formula is C9H8F3N3O2. The number of alkyl halides is 3. The fourth-order valence-electron chi connectivity index (χ4n) is 1.47. The normalized spacial score (nSPS) is 16.8. The average molecular weight is 247 g/mol. The van der Waals surface area contributed by atoms with Crippen LogP contribution in [-0.2, 0) is 11.0 Å². The molecule has 0 bridgehead atoms. The van der Waals surface area contributed by atoms with E-state index in [9.17, 15) is 18.0 Å². The highest BCUT2D eigenvalue weighted by Crippen LogP contribution is 2.28. The third-order valence-electron chi connectivity index (χ3n) is 2.50. The van der Waals surface area contributed by atoms with Crippen molar-refractivity contribution in [1.29, 1.82) is 0 Å². The standard InChI is InChI=1S/C9H8F3N3O2/c10-9(11,12)6-1-2-7(14-13-6)15-3-5(4-15)8(16)17/h1-2,5H,3-4H2,(H,16,17). The van der Waals surface area contributed by atoms with Crippen LogP contribution in [0.4, 0.5) is 19.0 Å². The van der Waals surface area contributed by atoms with Gasteiger partial charge in [-0.15, -0.1) is 10.2 Å². The van der Waals surface area contributed by atoms with Gasteiger partial charge >= 0.3 is 12.1 Å². The molecular weight excluding hydrogens is 239 g/mol. The summed E-state index contributed by atoms with van der Waals surface area (Å²) >= 11 is 0. The van der Waals surface area contributed by atoms with Crippen molar-refractivity contribution in [2.24, 2.45) is 5.92 Å². The number of carboxylic acids is 1. The fraction of sp³-hybridized carbons (Fsp3) is 0.444. The van der Waals surface area contributed by atoms with Gasteiger partial charge in [-0.1, -0.05) is 0 Å². The highest BCUT2D eigenvalue weighted by Gasteiger charge is 2.35. The van der Waals surface area contributed by atoms with Crippen molar-refractivity contribution in [1.82, 2.24) is 10.2 Å². The Kier molecular flexibility index (Phi) is 2.64. The molecule has 0 spiro atoms. The molecule has 92 valence electrons. The Labute approximate surface area is 93.9 Å². The molecule has 1 aromatic rings. The van der Waals surface area contributed by atoms with Crippen molar-refractivity contribution in [2.45, 2.75) is 6.18 Å². The van der Waals surface area contributed by atoms with Gasteiger partial charge in [0.2, 0.25) is 0 Å². The van der Waals surface area contributed by atoms with E-state index in [0.29, 0.717) is 0 Å². The van der Waals surface area contributed by atoms with E-state index in [1.54, 1.807) is 4.90 Å². The summed E-state index contributed by atoms with van der Waals surface area (Å²) in [5.41, 5.74) is -1.06. The number of halogens is 3. The Morgan fingerprint density at radius 2 is 2.00 bits per heavy atom. The van der Waals surface area contributed by atoms with Gasteiger partial charge in [0, 0.05) is 13.1 Å². The molecule has 0 amide bonds. The zero-order chi connectivity index (χ0) is 12.6. The van der Waals surface area contributed by atoms with Gasteiger partial charge in [0.1, 0.15) is 0 Å². The summed E-state index contributed by atoms with van der Waals surface area (Å²) in [6, 6.07) is 2.02. The smallest absolute Gasteiger partial charge is 0.435 e. The maximum atomic E-state index is 12.2. The van der Waals surface area contributed by atoms with E-state index in [-0.39, 0.29) is 18.9 Å². The van der Waals surface area contributed by atoms with Gasteiger partial charge in [-0.25, -0.2) is 0 Å². The predicted molar refractivity (Wildman–Crippen MR) is 50.4 cm³/mol. The Bertz CT molecular complexity index is 426. The zero-order valence-corrected chi connectivity index (χ0v) is 8.48. The average Bonchev–Trinajstić information content (AvgIpc) is 2.14. The maximum absolute atomic E-state index is 12.2. The first-order chi connectivity index (χ1) is 7.88. The lowest BCUT2D eigenvalue weighted by atomic mass is 10.0. The summed E-state index contributed by atoms with van der Waals surface area (Å²) in [6.07, 6.45) is -4.51. The highest BCUT2D eigenvalue weighted by atomic mass is 19.4. The van der Waals surface area contributed by atoms with Crippen LogP contribution in [0, 0.1) is 5.92 Å². The topological polar surface area (TPSA) is 66.3 Å². The second-order valence-electron chi connectivity index (χ2n) is 3.71. The van der Waals surface area contributed by atoms with E-state index in [0.717, 1.165) is 6.07 Å². The molecule has 0 radical (unpaired) electrons. The van der Waals surface area contributed by atoms with Crippen molar-refractivity contribution in [2.75, 3.05) is 18.0 Å². The first-order valence-corrected chi connectivity index (χ1v) is 4.76. The molecule has 1 aliphatic rings. The molecule has 2 rings (SSSR count). The van der Waals surface area contributed by atoms with Crippen LogP contribution in [0.3, 0.4) is 0 Å². The number of carboxylic acid groups (broad SMARTS) is 1. The molecule has 0 aliphatic carbocycles. The van der Waals surface area contributed by atoms with E-state index in [2.05, 4.69) is 10.2 Å². The number of hydrogen-bond acceptors (Lipinski definition) is 4. The molecule has 1 saturated heterocycles. The molecule has 0 saturated carbocycles. The minimum Gasteiger partial charge on any atom is -0.481 e. The lowest BCUT2D eigenvalue weighted by Gasteiger charge is -2.37. The zero-order valence-electron chi connectivity index (χ0n) is 8.48. The lowest BCUT2D eigenvalue weighted by Crippen LogP contribution is -2.50. The molecule has 17 heavy (non-hydrogen) atoms. The Hall–Kier alpha value is -1.86. The summed E-state index contributed by atoms with van der Waals surface area (Å²) in [4.78, 5) is 12.1. The van der Waals surface area contributed by atoms with Crippen LogP contribution in [-0.4, -0.2) is 34.4 Å². The van der Waals surface area contributed by atoms with Crippen LogP contribution in [0.5, 0.6) is 0 Å². The van der Waals surface area contributed by atoms with Gasteiger partial charge in [-0.3, -0.25) is 4.79 Å². The van der Waals surface area contributed by atoms with Gasteiger partial charge in [-0.05, 0) is 12.1 Å². The van der Waals surface area contributed by atoms with Crippen LogP contribution in [0.2, 0.25) is 0 Å². The summed E-state index contributed by atoms with van der Waals surface area (Å²) in [5, 5.41) is 15.1. The summed E-state index contributed by atoms with van der Waals surface area (Å²) < 4.78 is 36.6. The monoisotopic (exact) mass is 247 g/mol. The van der Waals surface area contributed by atoms with Gasteiger partial charge in [0.15, 0.2) is 11.5 Å². The Morgan fingerprint density at radius 3 is 2.41 bits per heavy atom. The molecule has 2 heterocycles. The highest BCUT2D eigenvalue weighted by molar-refractivity contribution is 5.74. The quantitative estimate of drug-likeness (QED) is 0.845. The molecule has 8 heteroatoms. The van der Waals surface area contributed by atoms with Crippen molar-refractivity contribution in [3.05, 3.63) is 17.8 Å². The van der Waals surface area contributed by atoms with Gasteiger partial charge < -0.3 is 10.0 Å². The van der Waals surface area contributed by atoms with Crippen molar-refractivity contribution in [3.63, 3.8) is 0 Å². The minimum absolute atomic E-state index is 0.245. The summed E-state index contributed by atoms with van der Waals surface area (Å²) in [7, 11) is 0. The van der Waals surface area contributed by atoms with Crippen molar-refractivity contribution < 1.29 is 23.1 Å². The third kappa shape index (κ3) is 2.29. The fourth-order valence-corrected chi connectivity index (χ4v) is 1.47. The molecule has 1 N–H and O–H groups in total. The van der Waals surface area contributed by atoms with Crippen LogP contribution in [0.1, 0.15) is 5.69 Å². The Balaban J connectivity index is 2.03. The summed E-state index contributed by atoms with van der Waals surface area (Å²) in [6.45, 7) is 0.491. The van der Waals surface area contributed by atoms with E-state index >= 15 is 0 Å². The minimum atomic E-state index is -4.51. The van der Waals surface area contributed by atoms with Crippen molar-refractivity contribution >= 4 is 11.8 Å². The molecule has 1 fully saturated rings. The number of anilines is 1. The molecule has 0 atom stereocenters. The number of hydrogen-bond donors (Lipinski definition) is 1. The number of aromatic nitrogens is 2. The first kappa shape index (κ1) is 11.6. The van der Waals surface area contributed by atoms with Crippen LogP contribution in [0.15, 0.2) is 12.1 Å². The maximum Gasteiger partial charge on any atom is 0.435 e. The van der Waals surface area contributed by atoms with E-state index in [1.165, 1.54) is 6.07 Å². The largest absolute Gasteiger partial charge is 0.481 e. The number of aliphatic carboxylic acids is 1. The molecule has 1 aromatic heterocycles. The van der Waals surface area contributed by atoms with Crippen molar-refractivity contribution in [3.8, 4) is 0 Å². The SMILES string of the molecule is O=C(O)C1CN(c2ccc(C(F)(F)F)nn2)C1. The lowest BCUT2D eigenvalue weighted by molar-refractivity contribution is -0.142. The van der Waals surface area contributed by atoms with Crippen LogP contribution < -0.4 is 4.90 Å². The number of rotatable bonds is 2. The summed E-state index contributed by atoms with van der Waals surface area (Å²) in [5.74, 6) is -1.14. The van der Waals surface area contributed by atoms with E-state index in [4.69, 9.17) is 5.11 Å². The first-order valence-electron chi connectivity index (χ1n) is 4.76.